The summed E-state index contributed by atoms with van der Waals surface area (Å²) in [6.45, 7) is 6.53. The van der Waals surface area contributed by atoms with E-state index in [4.69, 9.17) is 9.47 Å². The topological polar surface area (TPSA) is 56.3 Å². The van der Waals surface area contributed by atoms with Crippen molar-refractivity contribution in [2.75, 3.05) is 19.5 Å². The second-order valence-electron chi connectivity index (χ2n) is 6.23. The van der Waals surface area contributed by atoms with E-state index in [0.717, 1.165) is 5.69 Å². The first-order valence-electron chi connectivity index (χ1n) is 7.31. The highest BCUT2D eigenvalue weighted by Crippen LogP contribution is 2.26. The van der Waals surface area contributed by atoms with E-state index in [2.05, 4.69) is 15.3 Å². The van der Waals surface area contributed by atoms with Crippen molar-refractivity contribution in [2.24, 2.45) is 0 Å². The number of anilines is 2. The van der Waals surface area contributed by atoms with Crippen LogP contribution in [0.5, 0.6) is 5.75 Å². The number of hydrogen-bond acceptors (Lipinski definition) is 5. The average Bonchev–Trinajstić information content (AvgIpc) is 2.48. The molecule has 1 aromatic heterocycles. The molecule has 0 aliphatic carbocycles. The molecule has 1 heterocycles. The van der Waals surface area contributed by atoms with Gasteiger partial charge in [-0.15, -0.1) is 0 Å². The van der Waals surface area contributed by atoms with Crippen molar-refractivity contribution in [1.29, 1.82) is 0 Å². The van der Waals surface area contributed by atoms with E-state index in [0.29, 0.717) is 23.9 Å². The highest BCUT2D eigenvalue weighted by atomic mass is 19.1. The number of nitrogens with zero attached hydrogens (tertiary/aromatic N) is 2. The zero-order valence-corrected chi connectivity index (χ0v) is 14.1. The summed E-state index contributed by atoms with van der Waals surface area (Å²) >= 11 is 0. The maximum absolute atomic E-state index is 13.5. The molecule has 0 aliphatic rings. The highest BCUT2D eigenvalue weighted by Gasteiger charge is 2.19. The normalized spacial score (nSPS) is 11.4. The first kappa shape index (κ1) is 17.1. The molecule has 1 aromatic carbocycles. The molecule has 0 amide bonds. The molecule has 6 heteroatoms. The Bertz CT molecular complexity index is 684. The third-order valence-electron chi connectivity index (χ3n) is 3.17. The van der Waals surface area contributed by atoms with Gasteiger partial charge in [0.15, 0.2) is 11.6 Å². The minimum Gasteiger partial charge on any atom is -0.494 e. The number of nitrogens with one attached hydrogen (secondary N) is 1. The second-order valence-corrected chi connectivity index (χ2v) is 6.23. The SMILES string of the molecule is COCc1cc(Nc2ccc(F)c(OC)c2)nc(C(C)(C)C)n1. The van der Waals surface area contributed by atoms with E-state index in [1.54, 1.807) is 19.2 Å². The van der Waals surface area contributed by atoms with E-state index in [1.807, 2.05) is 26.8 Å². The monoisotopic (exact) mass is 319 g/mol. The Labute approximate surface area is 135 Å². The Hall–Kier alpha value is -2.21. The lowest BCUT2D eigenvalue weighted by Gasteiger charge is -2.19. The standard InChI is InChI=1S/C17H22FN3O2/c1-17(2,3)16-20-12(10-22-4)9-15(21-16)19-11-6-7-13(18)14(8-11)23-5/h6-9H,10H2,1-5H3,(H,19,20,21). The van der Waals surface area contributed by atoms with Crippen molar-refractivity contribution >= 4 is 11.5 Å². The maximum Gasteiger partial charge on any atom is 0.165 e. The zero-order chi connectivity index (χ0) is 17.0. The van der Waals surface area contributed by atoms with Crippen LogP contribution in [0.4, 0.5) is 15.9 Å². The van der Waals surface area contributed by atoms with Crippen molar-refractivity contribution in [3.8, 4) is 5.75 Å². The number of halogens is 1. The van der Waals surface area contributed by atoms with Crippen LogP contribution in [0.15, 0.2) is 24.3 Å². The summed E-state index contributed by atoms with van der Waals surface area (Å²) in [4.78, 5) is 9.07. The van der Waals surface area contributed by atoms with Crippen LogP contribution in [0.25, 0.3) is 0 Å². The fraction of sp³-hybridized carbons (Fsp3) is 0.412. The van der Waals surface area contributed by atoms with Crippen LogP contribution in [0.1, 0.15) is 32.3 Å². The molecule has 2 aromatic rings. The molecule has 0 bridgehead atoms. The molecule has 124 valence electrons. The van der Waals surface area contributed by atoms with Gasteiger partial charge < -0.3 is 14.8 Å². The van der Waals surface area contributed by atoms with Gasteiger partial charge in [0.05, 0.1) is 19.4 Å². The second kappa shape index (κ2) is 6.91. The summed E-state index contributed by atoms with van der Waals surface area (Å²) in [5.74, 6) is 1.11. The predicted molar refractivity (Wildman–Crippen MR) is 87.7 cm³/mol. The molecule has 0 radical (unpaired) electrons. The molecule has 5 nitrogen and oxygen atoms in total. The van der Waals surface area contributed by atoms with Gasteiger partial charge in [0.1, 0.15) is 11.6 Å². The molecule has 2 rings (SSSR count). The van der Waals surface area contributed by atoms with Gasteiger partial charge >= 0.3 is 0 Å². The molecule has 23 heavy (non-hydrogen) atoms. The summed E-state index contributed by atoms with van der Waals surface area (Å²) in [5.41, 5.74) is 1.27. The minimum absolute atomic E-state index is 0.178. The summed E-state index contributed by atoms with van der Waals surface area (Å²) in [7, 11) is 3.05. The van der Waals surface area contributed by atoms with Crippen LogP contribution >= 0.6 is 0 Å². The maximum atomic E-state index is 13.5. The van der Waals surface area contributed by atoms with Crippen LogP contribution in [0.3, 0.4) is 0 Å². The molecule has 0 saturated heterocycles. The zero-order valence-electron chi connectivity index (χ0n) is 14.1. The van der Waals surface area contributed by atoms with E-state index in [-0.39, 0.29) is 11.2 Å². The Balaban J connectivity index is 2.36. The average molecular weight is 319 g/mol. The third kappa shape index (κ3) is 4.39. The Kier molecular flexibility index (Phi) is 5.15. The van der Waals surface area contributed by atoms with Crippen LogP contribution in [0.2, 0.25) is 0 Å². The summed E-state index contributed by atoms with van der Waals surface area (Å²) in [6.07, 6.45) is 0. The van der Waals surface area contributed by atoms with Crippen molar-refractivity contribution in [3.05, 3.63) is 41.6 Å². The van der Waals surface area contributed by atoms with Crippen LogP contribution in [0, 0.1) is 5.82 Å². The number of methoxy groups -OCH3 is 2. The smallest absolute Gasteiger partial charge is 0.165 e. The van der Waals surface area contributed by atoms with E-state index in [9.17, 15) is 4.39 Å². The fourth-order valence-corrected chi connectivity index (χ4v) is 2.00. The van der Waals surface area contributed by atoms with Crippen LogP contribution < -0.4 is 10.1 Å². The Morgan fingerprint density at radius 2 is 1.87 bits per heavy atom. The Morgan fingerprint density at radius 3 is 2.48 bits per heavy atom. The summed E-state index contributed by atoms with van der Waals surface area (Å²) in [6, 6.07) is 6.38. The van der Waals surface area contributed by atoms with Crippen molar-refractivity contribution in [1.82, 2.24) is 9.97 Å². The van der Waals surface area contributed by atoms with Gasteiger partial charge in [-0.2, -0.15) is 0 Å². The lowest BCUT2D eigenvalue weighted by molar-refractivity contribution is 0.181. The summed E-state index contributed by atoms with van der Waals surface area (Å²) in [5, 5.41) is 3.16. The van der Waals surface area contributed by atoms with Crippen molar-refractivity contribution in [2.45, 2.75) is 32.8 Å². The number of ether oxygens (including phenoxy) is 2. The van der Waals surface area contributed by atoms with Gasteiger partial charge in [-0.3, -0.25) is 0 Å². The van der Waals surface area contributed by atoms with Crippen LogP contribution in [-0.2, 0) is 16.8 Å². The Morgan fingerprint density at radius 1 is 1.13 bits per heavy atom. The van der Waals surface area contributed by atoms with Gasteiger partial charge in [0, 0.05) is 30.3 Å². The number of benzene rings is 1. The largest absolute Gasteiger partial charge is 0.494 e. The molecule has 0 spiro atoms. The quantitative estimate of drug-likeness (QED) is 0.908. The van der Waals surface area contributed by atoms with E-state index < -0.39 is 5.82 Å². The molecule has 0 fully saturated rings. The van der Waals surface area contributed by atoms with Crippen LogP contribution in [-0.4, -0.2) is 24.2 Å². The first-order chi connectivity index (χ1) is 10.8. The molecule has 0 saturated carbocycles. The van der Waals surface area contributed by atoms with Crippen molar-refractivity contribution < 1.29 is 13.9 Å². The van der Waals surface area contributed by atoms with E-state index in [1.165, 1.54) is 13.2 Å². The molecule has 0 aliphatic heterocycles. The highest BCUT2D eigenvalue weighted by molar-refractivity contribution is 5.58. The van der Waals surface area contributed by atoms with Gasteiger partial charge in [0.2, 0.25) is 0 Å². The predicted octanol–water partition coefficient (Wildman–Crippen LogP) is 3.81. The molecule has 1 N–H and O–H groups in total. The van der Waals surface area contributed by atoms with Gasteiger partial charge in [0.25, 0.3) is 0 Å². The minimum atomic E-state index is -0.406. The molecular formula is C17H22FN3O2. The molecular weight excluding hydrogens is 297 g/mol. The lowest BCUT2D eigenvalue weighted by atomic mass is 9.95. The van der Waals surface area contributed by atoms with Gasteiger partial charge in [-0.1, -0.05) is 20.8 Å². The number of rotatable bonds is 5. The van der Waals surface area contributed by atoms with E-state index >= 15 is 0 Å². The van der Waals surface area contributed by atoms with Gasteiger partial charge in [-0.25, -0.2) is 14.4 Å². The fourth-order valence-electron chi connectivity index (χ4n) is 2.00. The lowest BCUT2D eigenvalue weighted by Crippen LogP contribution is -2.18. The summed E-state index contributed by atoms with van der Waals surface area (Å²) < 4.78 is 23.7. The number of hydrogen-bond donors (Lipinski definition) is 1. The number of aromatic nitrogens is 2. The first-order valence-corrected chi connectivity index (χ1v) is 7.31. The third-order valence-corrected chi connectivity index (χ3v) is 3.17. The van der Waals surface area contributed by atoms with Crippen molar-refractivity contribution in [3.63, 3.8) is 0 Å². The molecule has 0 unspecified atom stereocenters. The molecule has 0 atom stereocenters. The van der Waals surface area contributed by atoms with Gasteiger partial charge in [-0.05, 0) is 12.1 Å².